The average Bonchev–Trinajstić information content (AvgIpc) is 3.67. The van der Waals surface area contributed by atoms with E-state index >= 15 is 0 Å². The maximum absolute atomic E-state index is 12.1. The number of hydrogen-bond donors (Lipinski definition) is 1. The van der Waals surface area contributed by atoms with E-state index in [9.17, 15) is 14.9 Å². The molecule has 0 aliphatic carbocycles. The molecule has 1 saturated heterocycles. The Bertz CT molecular complexity index is 1630. The van der Waals surface area contributed by atoms with Crippen molar-refractivity contribution in [2.45, 2.75) is 13.5 Å². The molecule has 216 valence electrons. The molecule has 1 amide bonds. The van der Waals surface area contributed by atoms with Crippen LogP contribution in [0, 0.1) is 11.3 Å². The molecule has 5 rings (SSSR count). The number of nitriles is 1. The molecule has 0 radical (unpaired) electrons. The normalized spacial score (nSPS) is 12.9. The molecule has 0 spiro atoms. The molecular weight excluding hydrogens is 562 g/mol. The first-order valence-corrected chi connectivity index (χ1v) is 13.8. The molecule has 0 atom stereocenters. The molecule has 1 fully saturated rings. The number of aromatic nitrogens is 2. The molecule has 13 heteroatoms. The highest BCUT2D eigenvalue weighted by Gasteiger charge is 2.23. The van der Waals surface area contributed by atoms with Crippen LogP contribution in [0.1, 0.15) is 37.4 Å². The Labute approximate surface area is 245 Å². The highest BCUT2D eigenvalue weighted by atomic mass is 32.1. The number of hydrogen-bond acceptors (Lipinski definition) is 12. The largest absolute Gasteiger partial charge is 0.471 e. The standard InChI is InChI=1S/C29H27N5O7S/c1-3-39-25-15-32-27(41-25)19-12-22(17-4-6-18(7-5-17)34-8-10-38-11-9-34)33-28(21(19)14-30)40-16-24-20(26(31)35)13-23(42-24)29(36)37-2/h4-7,12-13,15H,3,8-11,16H2,1-2H3,(H2,31,35). The van der Waals surface area contributed by atoms with Crippen molar-refractivity contribution in [2.75, 3.05) is 44.9 Å². The summed E-state index contributed by atoms with van der Waals surface area (Å²) in [6.07, 6.45) is 1.43. The zero-order valence-corrected chi connectivity index (χ0v) is 23.7. The summed E-state index contributed by atoms with van der Waals surface area (Å²) < 4.78 is 27.4. The number of nitrogens with zero attached hydrogens (tertiary/aromatic N) is 4. The number of methoxy groups -OCH3 is 1. The number of anilines is 1. The van der Waals surface area contributed by atoms with Crippen molar-refractivity contribution >= 4 is 28.9 Å². The second-order valence-electron chi connectivity index (χ2n) is 9.00. The first-order valence-electron chi connectivity index (χ1n) is 13.0. The lowest BCUT2D eigenvalue weighted by Gasteiger charge is -2.28. The van der Waals surface area contributed by atoms with Gasteiger partial charge >= 0.3 is 11.9 Å². The summed E-state index contributed by atoms with van der Waals surface area (Å²) in [5.74, 6) is -1.00. The van der Waals surface area contributed by atoms with Crippen LogP contribution >= 0.6 is 11.3 Å². The number of rotatable bonds is 10. The summed E-state index contributed by atoms with van der Waals surface area (Å²) in [5, 5.41) is 10.1. The number of carbonyl (C=O) groups is 2. The number of esters is 1. The van der Waals surface area contributed by atoms with Gasteiger partial charge in [-0.1, -0.05) is 12.1 Å². The van der Waals surface area contributed by atoms with Crippen LogP contribution in [0.5, 0.6) is 11.8 Å². The highest BCUT2D eigenvalue weighted by molar-refractivity contribution is 7.14. The van der Waals surface area contributed by atoms with Gasteiger partial charge in [0.1, 0.15) is 29.3 Å². The molecule has 0 bridgehead atoms. The molecular formula is C29H27N5O7S. The predicted molar refractivity (Wildman–Crippen MR) is 153 cm³/mol. The van der Waals surface area contributed by atoms with Crippen molar-refractivity contribution in [1.82, 2.24) is 9.97 Å². The predicted octanol–water partition coefficient (Wildman–Crippen LogP) is 4.04. The van der Waals surface area contributed by atoms with Gasteiger partial charge < -0.3 is 34.0 Å². The Kier molecular flexibility index (Phi) is 8.66. The number of oxazole rings is 1. The van der Waals surface area contributed by atoms with E-state index in [4.69, 9.17) is 29.1 Å². The molecule has 4 aromatic rings. The van der Waals surface area contributed by atoms with Gasteiger partial charge in [-0.3, -0.25) is 4.79 Å². The number of primary amides is 1. The molecule has 1 aliphatic heterocycles. The number of carbonyl (C=O) groups excluding carboxylic acids is 2. The lowest BCUT2D eigenvalue weighted by Crippen LogP contribution is -2.36. The molecule has 42 heavy (non-hydrogen) atoms. The molecule has 3 aromatic heterocycles. The third-order valence-corrected chi connectivity index (χ3v) is 7.53. The summed E-state index contributed by atoms with van der Waals surface area (Å²) in [4.78, 5) is 35.9. The zero-order chi connectivity index (χ0) is 29.6. The third kappa shape index (κ3) is 6.04. The van der Waals surface area contributed by atoms with Gasteiger partial charge in [0.15, 0.2) is 0 Å². The van der Waals surface area contributed by atoms with E-state index in [1.165, 1.54) is 19.4 Å². The molecule has 1 aliphatic rings. The van der Waals surface area contributed by atoms with E-state index < -0.39 is 11.9 Å². The Morgan fingerprint density at radius 1 is 1.17 bits per heavy atom. The fourth-order valence-corrected chi connectivity index (χ4v) is 5.38. The van der Waals surface area contributed by atoms with Crippen molar-refractivity contribution in [1.29, 1.82) is 5.26 Å². The van der Waals surface area contributed by atoms with Crippen molar-refractivity contribution < 1.29 is 33.0 Å². The van der Waals surface area contributed by atoms with Gasteiger partial charge in [0, 0.05) is 24.3 Å². The number of amides is 1. The van der Waals surface area contributed by atoms with Gasteiger partial charge in [-0.05, 0) is 31.2 Å². The topological polar surface area (TPSA) is 163 Å². The van der Waals surface area contributed by atoms with Gasteiger partial charge in [-0.2, -0.15) is 5.26 Å². The molecule has 4 heterocycles. The summed E-state index contributed by atoms with van der Waals surface area (Å²) in [6, 6.07) is 13.0. The lowest BCUT2D eigenvalue weighted by atomic mass is 10.0. The van der Waals surface area contributed by atoms with Crippen LogP contribution in [0.2, 0.25) is 0 Å². The maximum Gasteiger partial charge on any atom is 0.348 e. The average molecular weight is 590 g/mol. The van der Waals surface area contributed by atoms with Crippen molar-refractivity contribution in [2.24, 2.45) is 5.73 Å². The molecule has 0 saturated carbocycles. The van der Waals surface area contributed by atoms with Gasteiger partial charge in [0.2, 0.25) is 17.7 Å². The van der Waals surface area contributed by atoms with Crippen molar-refractivity contribution in [3.05, 3.63) is 63.5 Å². The van der Waals surface area contributed by atoms with E-state index in [2.05, 4.69) is 20.9 Å². The molecule has 1 aromatic carbocycles. The second kappa shape index (κ2) is 12.7. The first kappa shape index (κ1) is 28.6. The summed E-state index contributed by atoms with van der Waals surface area (Å²) >= 11 is 1.01. The molecule has 12 nitrogen and oxygen atoms in total. The van der Waals surface area contributed by atoms with E-state index in [0.717, 1.165) is 35.7 Å². The Morgan fingerprint density at radius 2 is 1.93 bits per heavy atom. The highest BCUT2D eigenvalue weighted by Crippen LogP contribution is 2.36. The summed E-state index contributed by atoms with van der Waals surface area (Å²) in [7, 11) is 1.24. The SMILES string of the molecule is CCOc1cnc(-c2cc(-c3ccc(N4CCOCC4)cc3)nc(OCc3sc(C(=O)OC)cc3C(N)=O)c2C#N)o1. The van der Waals surface area contributed by atoms with E-state index in [1.807, 2.05) is 31.2 Å². The second-order valence-corrected chi connectivity index (χ2v) is 10.1. The number of morpholine rings is 1. The van der Waals surface area contributed by atoms with Gasteiger partial charge in [-0.25, -0.2) is 14.8 Å². The van der Waals surface area contributed by atoms with E-state index in [0.29, 0.717) is 36.0 Å². The number of pyridine rings is 1. The number of nitrogens with two attached hydrogens (primary N) is 1. The van der Waals surface area contributed by atoms with Crippen LogP contribution in [0.15, 0.2) is 47.0 Å². The van der Waals surface area contributed by atoms with Gasteiger partial charge in [0.05, 0.1) is 48.6 Å². The minimum atomic E-state index is -0.730. The van der Waals surface area contributed by atoms with Crippen molar-refractivity contribution in [3.8, 4) is 40.6 Å². The Hall–Kier alpha value is -4.93. The number of benzene rings is 1. The first-order chi connectivity index (χ1) is 20.4. The maximum atomic E-state index is 12.1. The van der Waals surface area contributed by atoms with Crippen LogP contribution in [-0.2, 0) is 16.1 Å². The van der Waals surface area contributed by atoms with Crippen LogP contribution < -0.4 is 20.1 Å². The van der Waals surface area contributed by atoms with Gasteiger partial charge in [0.25, 0.3) is 0 Å². The third-order valence-electron chi connectivity index (χ3n) is 6.44. The van der Waals surface area contributed by atoms with E-state index in [1.54, 1.807) is 6.07 Å². The van der Waals surface area contributed by atoms with Crippen LogP contribution in [-0.4, -0.2) is 61.9 Å². The number of thiophene rings is 1. The summed E-state index contributed by atoms with van der Waals surface area (Å²) in [6.45, 7) is 4.96. The van der Waals surface area contributed by atoms with Crippen molar-refractivity contribution in [3.63, 3.8) is 0 Å². The summed E-state index contributed by atoms with van der Waals surface area (Å²) in [5.41, 5.74) is 8.38. The Balaban J connectivity index is 1.54. The Morgan fingerprint density at radius 3 is 2.60 bits per heavy atom. The smallest absolute Gasteiger partial charge is 0.348 e. The van der Waals surface area contributed by atoms with Crippen LogP contribution in [0.3, 0.4) is 0 Å². The van der Waals surface area contributed by atoms with E-state index in [-0.39, 0.29) is 40.3 Å². The van der Waals surface area contributed by atoms with Crippen LogP contribution in [0.4, 0.5) is 5.69 Å². The number of ether oxygens (including phenoxy) is 4. The monoisotopic (exact) mass is 589 g/mol. The quantitative estimate of drug-likeness (QED) is 0.266. The minimum Gasteiger partial charge on any atom is -0.471 e. The molecule has 0 unspecified atom stereocenters. The molecule has 2 N–H and O–H groups in total. The minimum absolute atomic E-state index is 0.0122. The fourth-order valence-electron chi connectivity index (χ4n) is 4.39. The van der Waals surface area contributed by atoms with Crippen LogP contribution in [0.25, 0.3) is 22.7 Å². The zero-order valence-electron chi connectivity index (χ0n) is 22.9. The fraction of sp³-hybridized carbons (Fsp3) is 0.276. The lowest BCUT2D eigenvalue weighted by molar-refractivity contribution is 0.0606. The van der Waals surface area contributed by atoms with Gasteiger partial charge in [-0.15, -0.1) is 11.3 Å².